The van der Waals surface area contributed by atoms with E-state index in [1.165, 1.54) is 12.3 Å². The lowest BCUT2D eigenvalue weighted by Gasteiger charge is -2.08. The van der Waals surface area contributed by atoms with Gasteiger partial charge < -0.3 is 15.9 Å². The molecule has 0 saturated carbocycles. The van der Waals surface area contributed by atoms with E-state index in [1.807, 2.05) is 0 Å². The Kier molecular flexibility index (Phi) is 3.55. The summed E-state index contributed by atoms with van der Waals surface area (Å²) in [6.45, 7) is -0.0104. The molecular formula is C9H12N2O3. The Morgan fingerprint density at radius 1 is 1.57 bits per heavy atom. The van der Waals surface area contributed by atoms with Crippen LogP contribution in [0.4, 0.5) is 0 Å². The molecule has 0 saturated heterocycles. The molecule has 1 unspecified atom stereocenters. The minimum Gasteiger partial charge on any atom is -0.478 e. The van der Waals surface area contributed by atoms with Crippen LogP contribution < -0.4 is 5.73 Å². The highest BCUT2D eigenvalue weighted by Crippen LogP contribution is 2.10. The molecule has 0 spiro atoms. The van der Waals surface area contributed by atoms with Gasteiger partial charge in [0.2, 0.25) is 0 Å². The van der Waals surface area contributed by atoms with Crippen LogP contribution in [0.1, 0.15) is 28.5 Å². The standard InChI is InChI=1S/C9H12N2O3/c10-7(3-4-12)8-2-1-6(5-11-8)9(13)14/h1-2,5,7,12H,3-4,10H2,(H,13,14). The molecule has 0 bridgehead atoms. The molecule has 5 nitrogen and oxygen atoms in total. The number of aliphatic hydroxyl groups excluding tert-OH is 1. The second kappa shape index (κ2) is 4.69. The van der Waals surface area contributed by atoms with Crippen LogP contribution in [0.3, 0.4) is 0 Å². The van der Waals surface area contributed by atoms with Gasteiger partial charge in [-0.3, -0.25) is 4.98 Å². The number of carboxylic acids is 1. The Morgan fingerprint density at radius 2 is 2.29 bits per heavy atom. The molecule has 0 aliphatic heterocycles. The highest BCUT2D eigenvalue weighted by molar-refractivity contribution is 5.87. The van der Waals surface area contributed by atoms with E-state index in [9.17, 15) is 4.79 Å². The van der Waals surface area contributed by atoms with Crippen molar-refractivity contribution in [2.75, 3.05) is 6.61 Å². The van der Waals surface area contributed by atoms with Crippen molar-refractivity contribution in [1.82, 2.24) is 4.98 Å². The SMILES string of the molecule is NC(CCO)c1ccc(C(=O)O)cn1. The number of nitrogens with two attached hydrogens (primary N) is 1. The monoisotopic (exact) mass is 196 g/mol. The van der Waals surface area contributed by atoms with Gasteiger partial charge in [-0.25, -0.2) is 4.79 Å². The summed E-state index contributed by atoms with van der Waals surface area (Å²) < 4.78 is 0. The van der Waals surface area contributed by atoms with Gasteiger partial charge in [-0.15, -0.1) is 0 Å². The van der Waals surface area contributed by atoms with Crippen molar-refractivity contribution < 1.29 is 15.0 Å². The maximum Gasteiger partial charge on any atom is 0.337 e. The fraction of sp³-hybridized carbons (Fsp3) is 0.333. The van der Waals surface area contributed by atoms with Crippen LogP contribution in [0.2, 0.25) is 0 Å². The number of aromatic carboxylic acids is 1. The summed E-state index contributed by atoms with van der Waals surface area (Å²) in [5.41, 5.74) is 6.38. The molecule has 14 heavy (non-hydrogen) atoms. The molecule has 1 heterocycles. The molecule has 1 atom stereocenters. The zero-order valence-corrected chi connectivity index (χ0v) is 7.55. The quantitative estimate of drug-likeness (QED) is 0.637. The van der Waals surface area contributed by atoms with Gasteiger partial charge in [0, 0.05) is 18.8 Å². The highest BCUT2D eigenvalue weighted by Gasteiger charge is 2.08. The van der Waals surface area contributed by atoms with Crippen molar-refractivity contribution in [1.29, 1.82) is 0 Å². The minimum absolute atomic E-state index is 0.0104. The van der Waals surface area contributed by atoms with Crippen LogP contribution in [0.5, 0.6) is 0 Å². The molecule has 5 heteroatoms. The van der Waals surface area contributed by atoms with Crippen molar-refractivity contribution >= 4 is 5.97 Å². The largest absolute Gasteiger partial charge is 0.478 e. The molecule has 76 valence electrons. The Labute approximate surface area is 81.2 Å². The first-order valence-corrected chi connectivity index (χ1v) is 4.21. The Balaban J connectivity index is 2.77. The van der Waals surface area contributed by atoms with E-state index in [-0.39, 0.29) is 18.2 Å². The lowest BCUT2D eigenvalue weighted by atomic mass is 10.1. The van der Waals surface area contributed by atoms with E-state index in [0.29, 0.717) is 12.1 Å². The Morgan fingerprint density at radius 3 is 2.71 bits per heavy atom. The molecule has 1 aromatic rings. The van der Waals surface area contributed by atoms with Crippen molar-refractivity contribution in [2.24, 2.45) is 5.73 Å². The smallest absolute Gasteiger partial charge is 0.337 e. The fourth-order valence-corrected chi connectivity index (χ4v) is 1.04. The summed E-state index contributed by atoms with van der Waals surface area (Å²) >= 11 is 0. The van der Waals surface area contributed by atoms with Gasteiger partial charge in [0.25, 0.3) is 0 Å². The van der Waals surface area contributed by atoms with Gasteiger partial charge in [0.15, 0.2) is 0 Å². The molecule has 0 aromatic carbocycles. The Hall–Kier alpha value is -1.46. The number of aromatic nitrogens is 1. The summed E-state index contributed by atoms with van der Waals surface area (Å²) in [4.78, 5) is 14.4. The van der Waals surface area contributed by atoms with Gasteiger partial charge in [0.1, 0.15) is 0 Å². The number of hydrogen-bond donors (Lipinski definition) is 3. The molecule has 0 fully saturated rings. The molecule has 0 aliphatic rings. The molecular weight excluding hydrogens is 184 g/mol. The number of nitrogens with zero attached hydrogens (tertiary/aromatic N) is 1. The van der Waals surface area contributed by atoms with Crippen LogP contribution in [0.25, 0.3) is 0 Å². The first-order valence-electron chi connectivity index (χ1n) is 4.21. The summed E-state index contributed by atoms with van der Waals surface area (Å²) in [5.74, 6) is -1.01. The fourth-order valence-electron chi connectivity index (χ4n) is 1.04. The number of aliphatic hydroxyl groups is 1. The number of rotatable bonds is 4. The van der Waals surface area contributed by atoms with Crippen LogP contribution in [0, 0.1) is 0 Å². The summed E-state index contributed by atoms with van der Waals surface area (Å²) in [6, 6.07) is 2.66. The molecule has 1 aromatic heterocycles. The summed E-state index contributed by atoms with van der Waals surface area (Å²) in [7, 11) is 0. The van der Waals surface area contributed by atoms with E-state index >= 15 is 0 Å². The zero-order chi connectivity index (χ0) is 10.6. The van der Waals surface area contributed by atoms with Gasteiger partial charge in [-0.1, -0.05) is 0 Å². The molecule has 0 amide bonds. The molecule has 4 N–H and O–H groups in total. The normalized spacial score (nSPS) is 12.4. The van der Waals surface area contributed by atoms with Crippen molar-refractivity contribution in [3.8, 4) is 0 Å². The predicted octanol–water partition coefficient (Wildman–Crippen LogP) is 0.162. The second-order valence-corrected chi connectivity index (χ2v) is 2.90. The van der Waals surface area contributed by atoms with E-state index in [1.54, 1.807) is 6.07 Å². The number of carbonyl (C=O) groups is 1. The van der Waals surface area contributed by atoms with Crippen molar-refractivity contribution in [3.63, 3.8) is 0 Å². The number of hydrogen-bond acceptors (Lipinski definition) is 4. The van der Waals surface area contributed by atoms with Gasteiger partial charge in [0.05, 0.1) is 11.3 Å². The Bertz CT molecular complexity index is 310. The minimum atomic E-state index is -1.01. The van der Waals surface area contributed by atoms with E-state index in [2.05, 4.69) is 4.98 Å². The van der Waals surface area contributed by atoms with E-state index in [0.717, 1.165) is 0 Å². The zero-order valence-electron chi connectivity index (χ0n) is 7.55. The predicted molar refractivity (Wildman–Crippen MR) is 49.8 cm³/mol. The topological polar surface area (TPSA) is 96.4 Å². The average molecular weight is 196 g/mol. The lowest BCUT2D eigenvalue weighted by Crippen LogP contribution is -2.13. The first kappa shape index (κ1) is 10.6. The second-order valence-electron chi connectivity index (χ2n) is 2.90. The van der Waals surface area contributed by atoms with Crippen LogP contribution in [0.15, 0.2) is 18.3 Å². The van der Waals surface area contributed by atoms with Crippen molar-refractivity contribution in [3.05, 3.63) is 29.6 Å². The lowest BCUT2D eigenvalue weighted by molar-refractivity contribution is 0.0696. The maximum atomic E-state index is 10.5. The average Bonchev–Trinajstić information content (AvgIpc) is 2.18. The van der Waals surface area contributed by atoms with Crippen LogP contribution in [-0.4, -0.2) is 27.8 Å². The number of carboxylic acid groups (broad SMARTS) is 1. The summed E-state index contributed by atoms with van der Waals surface area (Å²) in [6.07, 6.45) is 1.67. The van der Waals surface area contributed by atoms with Crippen molar-refractivity contribution in [2.45, 2.75) is 12.5 Å². The third-order valence-corrected chi connectivity index (χ3v) is 1.85. The third-order valence-electron chi connectivity index (χ3n) is 1.85. The maximum absolute atomic E-state index is 10.5. The number of pyridine rings is 1. The highest BCUT2D eigenvalue weighted by atomic mass is 16.4. The molecule has 0 radical (unpaired) electrons. The first-order chi connectivity index (χ1) is 6.65. The third kappa shape index (κ3) is 2.51. The van der Waals surface area contributed by atoms with E-state index < -0.39 is 5.97 Å². The van der Waals surface area contributed by atoms with Gasteiger partial charge >= 0.3 is 5.97 Å². The molecule has 0 aliphatic carbocycles. The van der Waals surface area contributed by atoms with Crippen LogP contribution in [-0.2, 0) is 0 Å². The van der Waals surface area contributed by atoms with Gasteiger partial charge in [-0.05, 0) is 18.6 Å². The van der Waals surface area contributed by atoms with E-state index in [4.69, 9.17) is 15.9 Å². The summed E-state index contributed by atoms with van der Waals surface area (Å²) in [5, 5.41) is 17.2. The van der Waals surface area contributed by atoms with Gasteiger partial charge in [-0.2, -0.15) is 0 Å². The van der Waals surface area contributed by atoms with Crippen LogP contribution >= 0.6 is 0 Å². The molecule has 1 rings (SSSR count).